The molecule has 1 aromatic carbocycles. The van der Waals surface area contributed by atoms with Crippen molar-refractivity contribution in [2.24, 2.45) is 0 Å². The van der Waals surface area contributed by atoms with E-state index in [4.69, 9.17) is 4.74 Å². The molecule has 0 amide bonds. The SMILES string of the molecule is CCCOC(=O)c1cccc(Cn2c(=O)[nH]c3sc(C)cc3c2=O)c1. The van der Waals surface area contributed by atoms with Gasteiger partial charge in [0.2, 0.25) is 0 Å². The summed E-state index contributed by atoms with van der Waals surface area (Å²) in [7, 11) is 0. The summed E-state index contributed by atoms with van der Waals surface area (Å²) in [6.07, 6.45) is 0.746. The zero-order valence-corrected chi connectivity index (χ0v) is 14.8. The van der Waals surface area contributed by atoms with E-state index in [0.29, 0.717) is 28.0 Å². The number of carbonyl (C=O) groups is 1. The lowest BCUT2D eigenvalue weighted by molar-refractivity contribution is 0.0505. The van der Waals surface area contributed by atoms with E-state index in [1.807, 2.05) is 13.8 Å². The minimum Gasteiger partial charge on any atom is -0.462 e. The van der Waals surface area contributed by atoms with Crippen LogP contribution < -0.4 is 11.2 Å². The van der Waals surface area contributed by atoms with Crippen molar-refractivity contribution in [2.45, 2.75) is 26.8 Å². The molecule has 0 bridgehead atoms. The number of aryl methyl sites for hydroxylation is 1. The monoisotopic (exact) mass is 358 g/mol. The van der Waals surface area contributed by atoms with Crippen LogP contribution in [0.3, 0.4) is 0 Å². The standard InChI is InChI=1S/C18H18N2O4S/c1-3-7-24-17(22)13-6-4-5-12(9-13)10-20-16(21)14-8-11(2)25-15(14)19-18(20)23/h4-6,8-9H,3,7,10H2,1-2H3,(H,19,23). The first-order valence-electron chi connectivity index (χ1n) is 7.99. The van der Waals surface area contributed by atoms with Crippen molar-refractivity contribution < 1.29 is 9.53 Å². The molecule has 3 aromatic rings. The largest absolute Gasteiger partial charge is 0.462 e. The van der Waals surface area contributed by atoms with Crippen LogP contribution in [0.15, 0.2) is 39.9 Å². The maximum atomic E-state index is 12.6. The van der Waals surface area contributed by atoms with Gasteiger partial charge in [-0.3, -0.25) is 14.3 Å². The lowest BCUT2D eigenvalue weighted by Crippen LogP contribution is -2.34. The van der Waals surface area contributed by atoms with Gasteiger partial charge in [0.1, 0.15) is 4.83 Å². The summed E-state index contributed by atoms with van der Waals surface area (Å²) in [5.74, 6) is -0.408. The van der Waals surface area contributed by atoms with E-state index in [0.717, 1.165) is 15.9 Å². The van der Waals surface area contributed by atoms with Crippen LogP contribution in [0.4, 0.5) is 0 Å². The number of aromatic amines is 1. The molecule has 3 rings (SSSR count). The van der Waals surface area contributed by atoms with Crippen molar-refractivity contribution in [1.82, 2.24) is 9.55 Å². The zero-order valence-electron chi connectivity index (χ0n) is 14.0. The number of ether oxygens (including phenoxy) is 1. The summed E-state index contributed by atoms with van der Waals surface area (Å²) in [6.45, 7) is 4.26. The highest BCUT2D eigenvalue weighted by Crippen LogP contribution is 2.18. The Balaban J connectivity index is 1.95. The number of H-pyrrole nitrogens is 1. The van der Waals surface area contributed by atoms with Crippen LogP contribution in [0.25, 0.3) is 10.2 Å². The Hall–Kier alpha value is -2.67. The van der Waals surface area contributed by atoms with Crippen molar-refractivity contribution in [3.63, 3.8) is 0 Å². The molecule has 0 aliphatic rings. The van der Waals surface area contributed by atoms with Gasteiger partial charge < -0.3 is 4.74 Å². The Morgan fingerprint density at radius 3 is 2.84 bits per heavy atom. The smallest absolute Gasteiger partial charge is 0.338 e. The molecule has 0 radical (unpaired) electrons. The van der Waals surface area contributed by atoms with Gasteiger partial charge in [-0.2, -0.15) is 0 Å². The van der Waals surface area contributed by atoms with E-state index in [1.165, 1.54) is 11.3 Å². The number of thiophene rings is 1. The number of carbonyl (C=O) groups excluding carboxylic acids is 1. The quantitative estimate of drug-likeness (QED) is 0.711. The van der Waals surface area contributed by atoms with Gasteiger partial charge in [0, 0.05) is 4.88 Å². The molecule has 25 heavy (non-hydrogen) atoms. The maximum Gasteiger partial charge on any atom is 0.338 e. The van der Waals surface area contributed by atoms with E-state index < -0.39 is 11.7 Å². The van der Waals surface area contributed by atoms with Gasteiger partial charge in [-0.15, -0.1) is 11.3 Å². The van der Waals surface area contributed by atoms with Crippen LogP contribution >= 0.6 is 11.3 Å². The van der Waals surface area contributed by atoms with Gasteiger partial charge in [0.25, 0.3) is 5.56 Å². The minimum absolute atomic E-state index is 0.0912. The molecule has 1 N–H and O–H groups in total. The first kappa shape index (κ1) is 17.2. The average Bonchev–Trinajstić information content (AvgIpc) is 2.97. The minimum atomic E-state index is -0.460. The fourth-order valence-electron chi connectivity index (χ4n) is 2.57. The molecular formula is C18H18N2O4S. The Kier molecular flexibility index (Phi) is 4.85. The molecule has 2 aromatic heterocycles. The fourth-order valence-corrected chi connectivity index (χ4v) is 3.46. The summed E-state index contributed by atoms with van der Waals surface area (Å²) in [6, 6.07) is 8.55. The van der Waals surface area contributed by atoms with Gasteiger partial charge in [0.15, 0.2) is 0 Å². The summed E-state index contributed by atoms with van der Waals surface area (Å²) >= 11 is 1.38. The van der Waals surface area contributed by atoms with Crippen LogP contribution in [-0.2, 0) is 11.3 Å². The number of nitrogens with one attached hydrogen (secondary N) is 1. The Bertz CT molecular complexity index is 1050. The average molecular weight is 358 g/mol. The number of nitrogens with zero attached hydrogens (tertiary/aromatic N) is 1. The molecule has 0 aliphatic heterocycles. The predicted molar refractivity (Wildman–Crippen MR) is 97.6 cm³/mol. The molecule has 0 saturated heterocycles. The molecule has 0 unspecified atom stereocenters. The molecule has 6 nitrogen and oxygen atoms in total. The third kappa shape index (κ3) is 3.56. The Morgan fingerprint density at radius 2 is 2.08 bits per heavy atom. The Labute approximate surface area is 147 Å². The predicted octanol–water partition coefficient (Wildman–Crippen LogP) is 2.67. The molecule has 0 saturated carbocycles. The first-order chi connectivity index (χ1) is 12.0. The lowest BCUT2D eigenvalue weighted by Gasteiger charge is -2.07. The molecule has 0 fully saturated rings. The lowest BCUT2D eigenvalue weighted by atomic mass is 10.1. The number of hydrogen-bond donors (Lipinski definition) is 1. The van der Waals surface area contributed by atoms with Crippen molar-refractivity contribution in [2.75, 3.05) is 6.61 Å². The second-order valence-corrected chi connectivity index (χ2v) is 7.01. The van der Waals surface area contributed by atoms with Crippen molar-refractivity contribution in [1.29, 1.82) is 0 Å². The maximum absolute atomic E-state index is 12.6. The van der Waals surface area contributed by atoms with Crippen molar-refractivity contribution in [3.05, 3.63) is 67.2 Å². The highest BCUT2D eigenvalue weighted by molar-refractivity contribution is 7.18. The van der Waals surface area contributed by atoms with E-state index >= 15 is 0 Å². The number of aromatic nitrogens is 2. The van der Waals surface area contributed by atoms with E-state index in [9.17, 15) is 14.4 Å². The normalized spacial score (nSPS) is 11.0. The fraction of sp³-hybridized carbons (Fsp3) is 0.278. The van der Waals surface area contributed by atoms with Gasteiger partial charge in [-0.1, -0.05) is 19.1 Å². The molecule has 2 heterocycles. The highest BCUT2D eigenvalue weighted by atomic mass is 32.1. The molecule has 7 heteroatoms. The second kappa shape index (κ2) is 7.06. The van der Waals surface area contributed by atoms with E-state index in [1.54, 1.807) is 30.3 Å². The van der Waals surface area contributed by atoms with Crippen LogP contribution in [0, 0.1) is 6.92 Å². The Morgan fingerprint density at radius 1 is 1.28 bits per heavy atom. The number of esters is 1. The summed E-state index contributed by atoms with van der Waals surface area (Å²) in [5.41, 5.74) is 0.299. The van der Waals surface area contributed by atoms with E-state index in [-0.39, 0.29) is 12.1 Å². The second-order valence-electron chi connectivity index (χ2n) is 5.76. The van der Waals surface area contributed by atoms with Crippen LogP contribution in [-0.4, -0.2) is 22.1 Å². The van der Waals surface area contributed by atoms with Crippen molar-refractivity contribution >= 4 is 27.5 Å². The van der Waals surface area contributed by atoms with Gasteiger partial charge in [0.05, 0.1) is 24.1 Å². The number of rotatable bonds is 5. The van der Waals surface area contributed by atoms with Crippen LogP contribution in [0.5, 0.6) is 0 Å². The van der Waals surface area contributed by atoms with Gasteiger partial charge in [-0.05, 0) is 37.1 Å². The number of benzene rings is 1. The number of hydrogen-bond acceptors (Lipinski definition) is 5. The topological polar surface area (TPSA) is 81.2 Å². The summed E-state index contributed by atoms with van der Waals surface area (Å²) < 4.78 is 6.26. The molecule has 130 valence electrons. The summed E-state index contributed by atoms with van der Waals surface area (Å²) in [5, 5.41) is 0.501. The molecule has 0 aliphatic carbocycles. The first-order valence-corrected chi connectivity index (χ1v) is 8.80. The van der Waals surface area contributed by atoms with Gasteiger partial charge in [-0.25, -0.2) is 9.59 Å². The molecular weight excluding hydrogens is 340 g/mol. The third-order valence-electron chi connectivity index (χ3n) is 3.74. The molecule has 0 atom stereocenters. The third-order valence-corrected chi connectivity index (χ3v) is 4.70. The van der Waals surface area contributed by atoms with Crippen molar-refractivity contribution in [3.8, 4) is 0 Å². The number of fused-ring (bicyclic) bond motifs is 1. The highest BCUT2D eigenvalue weighted by Gasteiger charge is 2.12. The van der Waals surface area contributed by atoms with Crippen LogP contribution in [0.2, 0.25) is 0 Å². The zero-order chi connectivity index (χ0) is 18.0. The molecule has 0 spiro atoms. The van der Waals surface area contributed by atoms with Crippen LogP contribution in [0.1, 0.15) is 34.1 Å². The van der Waals surface area contributed by atoms with Gasteiger partial charge >= 0.3 is 11.7 Å². The van der Waals surface area contributed by atoms with E-state index in [2.05, 4.69) is 4.98 Å². The summed E-state index contributed by atoms with van der Waals surface area (Å²) in [4.78, 5) is 41.1.